The molecule has 122 valence electrons. The van der Waals surface area contributed by atoms with Crippen LogP contribution in [0.5, 0.6) is 0 Å². The minimum atomic E-state index is 0.0824. The molecule has 6 heteroatoms. The highest BCUT2D eigenvalue weighted by Crippen LogP contribution is 2.30. The van der Waals surface area contributed by atoms with E-state index in [1.54, 1.807) is 11.3 Å². The standard InChI is InChI=1S/C16H26N4S2/c1-5-21-12-8-6-7-9-19(10-12)15-18-20-11-13(16(2,3)4)17-14(20)22-15/h11-12H,5-10H2,1-4H3. The third kappa shape index (κ3) is 3.43. The topological polar surface area (TPSA) is 33.4 Å². The van der Waals surface area contributed by atoms with E-state index in [4.69, 9.17) is 10.1 Å². The largest absolute Gasteiger partial charge is 0.346 e. The van der Waals surface area contributed by atoms with Crippen molar-refractivity contribution < 1.29 is 0 Å². The predicted octanol–water partition coefficient (Wildman–Crippen LogP) is 4.20. The molecular formula is C16H26N4S2. The van der Waals surface area contributed by atoms with Crippen molar-refractivity contribution in [3.8, 4) is 0 Å². The Labute approximate surface area is 141 Å². The SMILES string of the molecule is CCSC1CCCCN(c2nn3cc(C(C)(C)C)nc3s2)C1. The molecule has 2 aromatic heterocycles. The van der Waals surface area contributed by atoms with E-state index >= 15 is 0 Å². The van der Waals surface area contributed by atoms with E-state index < -0.39 is 0 Å². The lowest BCUT2D eigenvalue weighted by Gasteiger charge is -2.22. The van der Waals surface area contributed by atoms with Gasteiger partial charge in [-0.05, 0) is 18.6 Å². The summed E-state index contributed by atoms with van der Waals surface area (Å²) in [6.45, 7) is 11.1. The molecular weight excluding hydrogens is 312 g/mol. The number of aromatic nitrogens is 3. The van der Waals surface area contributed by atoms with Crippen LogP contribution in [0.4, 0.5) is 5.13 Å². The Morgan fingerprint density at radius 3 is 2.86 bits per heavy atom. The van der Waals surface area contributed by atoms with Crippen LogP contribution in [0.25, 0.3) is 4.96 Å². The normalized spacial score (nSPS) is 20.5. The molecule has 1 aliphatic rings. The van der Waals surface area contributed by atoms with Gasteiger partial charge < -0.3 is 4.90 Å². The van der Waals surface area contributed by atoms with Crippen LogP contribution in [-0.2, 0) is 5.41 Å². The van der Waals surface area contributed by atoms with E-state index in [0.717, 1.165) is 34.1 Å². The molecule has 0 amide bonds. The Morgan fingerprint density at radius 2 is 2.18 bits per heavy atom. The Balaban J connectivity index is 1.81. The number of nitrogens with zero attached hydrogens (tertiary/aromatic N) is 4. The summed E-state index contributed by atoms with van der Waals surface area (Å²) in [6, 6.07) is 0. The number of imidazole rings is 1. The summed E-state index contributed by atoms with van der Waals surface area (Å²) in [5, 5.41) is 6.67. The zero-order chi connectivity index (χ0) is 15.7. The molecule has 3 heterocycles. The molecule has 3 rings (SSSR count). The fourth-order valence-corrected chi connectivity index (χ4v) is 4.84. The summed E-state index contributed by atoms with van der Waals surface area (Å²) in [4.78, 5) is 8.25. The van der Waals surface area contributed by atoms with Crippen LogP contribution in [0.1, 0.15) is 52.7 Å². The summed E-state index contributed by atoms with van der Waals surface area (Å²) >= 11 is 3.82. The molecule has 1 saturated heterocycles. The second kappa shape index (κ2) is 6.40. The van der Waals surface area contributed by atoms with Crippen LogP contribution in [0.15, 0.2) is 6.20 Å². The van der Waals surface area contributed by atoms with Gasteiger partial charge in [0.2, 0.25) is 10.1 Å². The van der Waals surface area contributed by atoms with Gasteiger partial charge in [0.1, 0.15) is 0 Å². The minimum Gasteiger partial charge on any atom is -0.346 e. The maximum atomic E-state index is 4.80. The molecule has 22 heavy (non-hydrogen) atoms. The van der Waals surface area contributed by atoms with Crippen LogP contribution in [0, 0.1) is 0 Å². The van der Waals surface area contributed by atoms with Crippen molar-refractivity contribution in [2.45, 2.75) is 57.6 Å². The summed E-state index contributed by atoms with van der Waals surface area (Å²) in [7, 11) is 0. The van der Waals surface area contributed by atoms with Crippen molar-refractivity contribution in [3.05, 3.63) is 11.9 Å². The molecule has 1 aliphatic heterocycles. The van der Waals surface area contributed by atoms with Gasteiger partial charge in [0, 0.05) is 23.8 Å². The molecule has 0 aliphatic carbocycles. The maximum Gasteiger partial charge on any atom is 0.214 e. The lowest BCUT2D eigenvalue weighted by Crippen LogP contribution is -2.29. The zero-order valence-electron chi connectivity index (χ0n) is 14.0. The highest BCUT2D eigenvalue weighted by molar-refractivity contribution is 7.99. The Hall–Kier alpha value is -0.750. The third-order valence-electron chi connectivity index (χ3n) is 4.10. The van der Waals surface area contributed by atoms with Crippen molar-refractivity contribution in [2.24, 2.45) is 0 Å². The van der Waals surface area contributed by atoms with Crippen molar-refractivity contribution in [1.82, 2.24) is 14.6 Å². The Kier molecular flexibility index (Phi) is 4.69. The van der Waals surface area contributed by atoms with Gasteiger partial charge in [0.25, 0.3) is 0 Å². The molecule has 0 bridgehead atoms. The highest BCUT2D eigenvalue weighted by Gasteiger charge is 2.23. The van der Waals surface area contributed by atoms with Crippen molar-refractivity contribution in [2.75, 3.05) is 23.7 Å². The molecule has 1 unspecified atom stereocenters. The molecule has 4 nitrogen and oxygen atoms in total. The second-order valence-corrected chi connectivity index (χ2v) is 9.52. The lowest BCUT2D eigenvalue weighted by atomic mass is 9.93. The van der Waals surface area contributed by atoms with Gasteiger partial charge in [0.15, 0.2) is 0 Å². The third-order valence-corrected chi connectivity index (χ3v) is 6.27. The van der Waals surface area contributed by atoms with E-state index in [0.29, 0.717) is 0 Å². The lowest BCUT2D eigenvalue weighted by molar-refractivity contribution is 0.572. The monoisotopic (exact) mass is 338 g/mol. The Morgan fingerprint density at radius 1 is 1.36 bits per heavy atom. The summed E-state index contributed by atoms with van der Waals surface area (Å²) in [5.74, 6) is 1.20. The number of thioether (sulfide) groups is 1. The van der Waals surface area contributed by atoms with Gasteiger partial charge in [-0.2, -0.15) is 11.8 Å². The molecule has 1 fully saturated rings. The van der Waals surface area contributed by atoms with Crippen LogP contribution in [0.2, 0.25) is 0 Å². The average molecular weight is 339 g/mol. The van der Waals surface area contributed by atoms with Crippen molar-refractivity contribution >= 4 is 33.2 Å². The maximum absolute atomic E-state index is 4.80. The number of anilines is 1. The van der Waals surface area contributed by atoms with Crippen LogP contribution in [0.3, 0.4) is 0 Å². The zero-order valence-corrected chi connectivity index (χ0v) is 15.6. The second-order valence-electron chi connectivity index (χ2n) is 7.01. The minimum absolute atomic E-state index is 0.0824. The predicted molar refractivity (Wildman–Crippen MR) is 97.5 cm³/mol. The molecule has 0 aromatic carbocycles. The first-order valence-electron chi connectivity index (χ1n) is 8.20. The number of hydrogen-bond acceptors (Lipinski definition) is 5. The van der Waals surface area contributed by atoms with Gasteiger partial charge >= 0.3 is 0 Å². The van der Waals surface area contributed by atoms with Crippen LogP contribution < -0.4 is 4.90 Å². The smallest absolute Gasteiger partial charge is 0.214 e. The number of hydrogen-bond donors (Lipinski definition) is 0. The molecule has 0 N–H and O–H groups in total. The van der Waals surface area contributed by atoms with E-state index in [9.17, 15) is 0 Å². The summed E-state index contributed by atoms with van der Waals surface area (Å²) in [6.07, 6.45) is 6.04. The molecule has 1 atom stereocenters. The average Bonchev–Trinajstić information content (AvgIpc) is 2.92. The first-order chi connectivity index (χ1) is 10.5. The fraction of sp³-hybridized carbons (Fsp3) is 0.750. The summed E-state index contributed by atoms with van der Waals surface area (Å²) in [5.41, 5.74) is 1.20. The van der Waals surface area contributed by atoms with Gasteiger partial charge in [-0.25, -0.2) is 9.50 Å². The number of fused-ring (bicyclic) bond motifs is 1. The quantitative estimate of drug-likeness (QED) is 0.840. The fourth-order valence-electron chi connectivity index (χ4n) is 2.83. The van der Waals surface area contributed by atoms with E-state index in [1.807, 2.05) is 4.52 Å². The van der Waals surface area contributed by atoms with E-state index in [2.05, 4.69) is 50.6 Å². The van der Waals surface area contributed by atoms with Gasteiger partial charge in [-0.3, -0.25) is 0 Å². The number of rotatable bonds is 3. The van der Waals surface area contributed by atoms with Gasteiger partial charge in [-0.1, -0.05) is 45.5 Å². The molecule has 0 saturated carbocycles. The molecule has 2 aromatic rings. The van der Waals surface area contributed by atoms with Crippen molar-refractivity contribution in [3.63, 3.8) is 0 Å². The van der Waals surface area contributed by atoms with Crippen molar-refractivity contribution in [1.29, 1.82) is 0 Å². The van der Waals surface area contributed by atoms with Gasteiger partial charge in [0.05, 0.1) is 11.9 Å². The van der Waals surface area contributed by atoms with Crippen LogP contribution in [-0.4, -0.2) is 38.7 Å². The van der Waals surface area contributed by atoms with E-state index in [-0.39, 0.29) is 5.41 Å². The van der Waals surface area contributed by atoms with Crippen LogP contribution >= 0.6 is 23.1 Å². The molecule has 0 radical (unpaired) electrons. The Bertz CT molecular complexity index is 594. The van der Waals surface area contributed by atoms with E-state index in [1.165, 1.54) is 25.0 Å². The first-order valence-corrected chi connectivity index (χ1v) is 10.1. The highest BCUT2D eigenvalue weighted by atomic mass is 32.2. The van der Waals surface area contributed by atoms with Gasteiger partial charge in [-0.15, -0.1) is 5.10 Å². The first kappa shape index (κ1) is 16.1. The summed E-state index contributed by atoms with van der Waals surface area (Å²) < 4.78 is 1.97. The molecule has 0 spiro atoms.